The van der Waals surface area contributed by atoms with Gasteiger partial charge in [-0.3, -0.25) is 0 Å². The number of rotatable bonds is 6. The topological polar surface area (TPSA) is 41.8 Å². The Labute approximate surface area is 103 Å². The second-order valence-corrected chi connectivity index (χ2v) is 4.17. The summed E-state index contributed by atoms with van der Waals surface area (Å²) in [5, 5.41) is 14.2. The lowest BCUT2D eigenvalue weighted by atomic mass is 9.93. The van der Waals surface area contributed by atoms with Crippen molar-refractivity contribution in [2.24, 2.45) is 5.16 Å². The van der Waals surface area contributed by atoms with Crippen LogP contribution in [0.3, 0.4) is 0 Å². The summed E-state index contributed by atoms with van der Waals surface area (Å²) >= 11 is 0. The van der Waals surface area contributed by atoms with Crippen LogP contribution in [0, 0.1) is 0 Å². The molecule has 0 amide bonds. The summed E-state index contributed by atoms with van der Waals surface area (Å²) in [4.78, 5) is 5.26. The molecule has 3 heteroatoms. The van der Waals surface area contributed by atoms with Gasteiger partial charge in [-0.25, -0.2) is 0 Å². The van der Waals surface area contributed by atoms with E-state index < -0.39 is 5.60 Å². The van der Waals surface area contributed by atoms with Crippen molar-refractivity contribution in [3.05, 3.63) is 35.9 Å². The summed E-state index contributed by atoms with van der Waals surface area (Å²) in [7, 11) is 0. The number of hydrogen-bond donors (Lipinski definition) is 1. The molecule has 0 fully saturated rings. The zero-order valence-electron chi connectivity index (χ0n) is 10.8. The van der Waals surface area contributed by atoms with Crippen molar-refractivity contribution >= 4 is 5.71 Å². The van der Waals surface area contributed by atoms with Gasteiger partial charge in [-0.05, 0) is 25.3 Å². The van der Waals surface area contributed by atoms with Gasteiger partial charge in [-0.1, -0.05) is 49.3 Å². The normalized spacial score (nSPS) is 12.6. The van der Waals surface area contributed by atoms with E-state index in [1.165, 1.54) is 0 Å². The van der Waals surface area contributed by atoms with E-state index in [4.69, 9.17) is 4.84 Å². The minimum Gasteiger partial charge on any atom is -0.391 e. The summed E-state index contributed by atoms with van der Waals surface area (Å²) in [5.41, 5.74) is 0.871. The Morgan fingerprint density at radius 1 is 1.24 bits per heavy atom. The molecule has 0 bridgehead atoms. The zero-order valence-corrected chi connectivity index (χ0v) is 10.8. The predicted molar refractivity (Wildman–Crippen MR) is 69.9 cm³/mol. The van der Waals surface area contributed by atoms with Gasteiger partial charge in [0.25, 0.3) is 0 Å². The first kappa shape index (κ1) is 13.7. The smallest absolute Gasteiger partial charge is 0.142 e. The van der Waals surface area contributed by atoms with Crippen LogP contribution in [0.4, 0.5) is 0 Å². The Balaban J connectivity index is 2.54. The maximum absolute atomic E-state index is 10.2. The van der Waals surface area contributed by atoms with E-state index in [-0.39, 0.29) is 0 Å². The third kappa shape index (κ3) is 3.86. The van der Waals surface area contributed by atoms with Crippen molar-refractivity contribution in [1.82, 2.24) is 0 Å². The molecule has 0 aliphatic carbocycles. The molecule has 0 aliphatic heterocycles. The molecule has 1 aromatic rings. The van der Waals surface area contributed by atoms with Crippen molar-refractivity contribution in [3.63, 3.8) is 0 Å². The molecule has 0 heterocycles. The van der Waals surface area contributed by atoms with E-state index in [1.807, 2.05) is 44.2 Å². The molecule has 0 unspecified atom stereocenters. The van der Waals surface area contributed by atoms with Crippen molar-refractivity contribution in [2.45, 2.75) is 45.8 Å². The SMILES string of the molecule is CCC(O)(CC)/C(C)=N\OCc1ccccc1. The predicted octanol–water partition coefficient (Wildman–Crippen LogP) is 3.13. The fourth-order valence-corrected chi connectivity index (χ4v) is 1.62. The monoisotopic (exact) mass is 235 g/mol. The Bertz CT molecular complexity index is 356. The maximum Gasteiger partial charge on any atom is 0.142 e. The van der Waals surface area contributed by atoms with Crippen LogP contribution in [0.5, 0.6) is 0 Å². The molecule has 0 spiro atoms. The molecule has 0 atom stereocenters. The van der Waals surface area contributed by atoms with Crippen LogP contribution < -0.4 is 0 Å². The quantitative estimate of drug-likeness (QED) is 0.608. The second kappa shape index (κ2) is 6.40. The van der Waals surface area contributed by atoms with E-state index in [1.54, 1.807) is 6.92 Å². The first-order valence-corrected chi connectivity index (χ1v) is 6.05. The molecule has 0 aromatic heterocycles. The van der Waals surface area contributed by atoms with Gasteiger partial charge in [-0.2, -0.15) is 0 Å². The second-order valence-electron chi connectivity index (χ2n) is 4.17. The highest BCUT2D eigenvalue weighted by Gasteiger charge is 2.26. The lowest BCUT2D eigenvalue weighted by molar-refractivity contribution is 0.0839. The zero-order chi connectivity index (χ0) is 12.7. The maximum atomic E-state index is 10.2. The third-order valence-corrected chi connectivity index (χ3v) is 3.12. The number of benzene rings is 1. The molecule has 1 aromatic carbocycles. The van der Waals surface area contributed by atoms with Crippen molar-refractivity contribution in [1.29, 1.82) is 0 Å². The molecule has 1 rings (SSSR count). The number of aliphatic hydroxyl groups is 1. The molecule has 94 valence electrons. The van der Waals surface area contributed by atoms with E-state index in [0.29, 0.717) is 25.2 Å². The largest absolute Gasteiger partial charge is 0.391 e. The first-order valence-electron chi connectivity index (χ1n) is 6.05. The summed E-state index contributed by atoms with van der Waals surface area (Å²) in [6, 6.07) is 9.85. The summed E-state index contributed by atoms with van der Waals surface area (Å²) < 4.78 is 0. The minimum absolute atomic E-state index is 0.432. The molecule has 3 nitrogen and oxygen atoms in total. The van der Waals surface area contributed by atoms with Gasteiger partial charge in [0.15, 0.2) is 0 Å². The minimum atomic E-state index is -0.837. The highest BCUT2D eigenvalue weighted by Crippen LogP contribution is 2.17. The van der Waals surface area contributed by atoms with E-state index in [2.05, 4.69) is 5.16 Å². The van der Waals surface area contributed by atoms with Crippen LogP contribution in [0.2, 0.25) is 0 Å². The average Bonchev–Trinajstić information content (AvgIpc) is 2.39. The lowest BCUT2D eigenvalue weighted by Crippen LogP contribution is -2.35. The van der Waals surface area contributed by atoms with Gasteiger partial charge < -0.3 is 9.94 Å². The molecule has 1 N–H and O–H groups in total. The van der Waals surface area contributed by atoms with Crippen molar-refractivity contribution < 1.29 is 9.94 Å². The Morgan fingerprint density at radius 3 is 2.35 bits per heavy atom. The van der Waals surface area contributed by atoms with Crippen molar-refractivity contribution in [2.75, 3.05) is 0 Å². The van der Waals surface area contributed by atoms with Gasteiger partial charge >= 0.3 is 0 Å². The molecule has 0 aliphatic rings. The van der Waals surface area contributed by atoms with Crippen LogP contribution in [0.15, 0.2) is 35.5 Å². The molecular formula is C14H21NO2. The third-order valence-electron chi connectivity index (χ3n) is 3.12. The first-order chi connectivity index (χ1) is 8.12. The van der Waals surface area contributed by atoms with Crippen LogP contribution >= 0.6 is 0 Å². The van der Waals surface area contributed by atoms with Crippen LogP contribution in [-0.4, -0.2) is 16.4 Å². The molecule has 0 saturated heterocycles. The van der Waals surface area contributed by atoms with Gasteiger partial charge in [0, 0.05) is 0 Å². The van der Waals surface area contributed by atoms with Gasteiger partial charge in [0.2, 0.25) is 0 Å². The fraction of sp³-hybridized carbons (Fsp3) is 0.500. The van der Waals surface area contributed by atoms with E-state index >= 15 is 0 Å². The standard InChI is InChI=1S/C14H21NO2/c1-4-14(16,5-2)12(3)15-17-11-13-9-7-6-8-10-13/h6-10,16H,4-5,11H2,1-3H3/b15-12-. The average molecular weight is 235 g/mol. The highest BCUT2D eigenvalue weighted by molar-refractivity contribution is 5.89. The number of hydrogen-bond acceptors (Lipinski definition) is 3. The highest BCUT2D eigenvalue weighted by atomic mass is 16.6. The lowest BCUT2D eigenvalue weighted by Gasteiger charge is -2.24. The number of oxime groups is 1. The van der Waals surface area contributed by atoms with E-state index in [9.17, 15) is 5.11 Å². The van der Waals surface area contributed by atoms with Gasteiger partial charge in [0.05, 0.1) is 5.71 Å². The Morgan fingerprint density at radius 2 is 1.82 bits per heavy atom. The van der Waals surface area contributed by atoms with Crippen LogP contribution in [-0.2, 0) is 11.4 Å². The number of nitrogens with zero attached hydrogens (tertiary/aromatic N) is 1. The fourth-order valence-electron chi connectivity index (χ4n) is 1.62. The Kier molecular flexibility index (Phi) is 5.16. The van der Waals surface area contributed by atoms with Crippen LogP contribution in [0.1, 0.15) is 39.2 Å². The van der Waals surface area contributed by atoms with Gasteiger partial charge in [-0.15, -0.1) is 0 Å². The van der Waals surface area contributed by atoms with Crippen LogP contribution in [0.25, 0.3) is 0 Å². The Hall–Kier alpha value is -1.35. The molecule has 0 radical (unpaired) electrons. The van der Waals surface area contributed by atoms with Gasteiger partial charge in [0.1, 0.15) is 12.2 Å². The van der Waals surface area contributed by atoms with E-state index in [0.717, 1.165) is 5.56 Å². The summed E-state index contributed by atoms with van der Waals surface area (Å²) in [6.45, 7) is 6.12. The molecule has 17 heavy (non-hydrogen) atoms. The molecular weight excluding hydrogens is 214 g/mol. The molecule has 0 saturated carbocycles. The summed E-state index contributed by atoms with van der Waals surface area (Å²) in [6.07, 6.45) is 1.29. The van der Waals surface area contributed by atoms with Crippen molar-refractivity contribution in [3.8, 4) is 0 Å². The summed E-state index contributed by atoms with van der Waals surface area (Å²) in [5.74, 6) is 0.